The number of aliphatic carboxylic acids is 1. The standard InChI is InChI=1S/C14H26N2O3/c1-14(2,3)16(11-8-12(17)18)13(19)15-9-6-4-5-7-10-15/h4-11H2,1-3H3,(H,17,18). The minimum Gasteiger partial charge on any atom is -0.481 e. The Labute approximate surface area is 115 Å². The zero-order chi connectivity index (χ0) is 14.5. The molecule has 0 spiro atoms. The van der Waals surface area contributed by atoms with E-state index in [-0.39, 0.29) is 24.5 Å². The van der Waals surface area contributed by atoms with Crippen molar-refractivity contribution in [3.63, 3.8) is 0 Å². The Bertz CT molecular complexity index is 315. The third-order valence-electron chi connectivity index (χ3n) is 3.47. The lowest BCUT2D eigenvalue weighted by Gasteiger charge is -2.39. The van der Waals surface area contributed by atoms with Gasteiger partial charge in [-0.15, -0.1) is 0 Å². The van der Waals surface area contributed by atoms with Gasteiger partial charge < -0.3 is 14.9 Å². The fourth-order valence-corrected chi connectivity index (χ4v) is 2.36. The van der Waals surface area contributed by atoms with E-state index in [9.17, 15) is 9.59 Å². The van der Waals surface area contributed by atoms with Gasteiger partial charge in [0.1, 0.15) is 0 Å². The maximum absolute atomic E-state index is 12.6. The lowest BCUT2D eigenvalue weighted by Crippen LogP contribution is -2.52. The van der Waals surface area contributed by atoms with E-state index in [1.165, 1.54) is 12.8 Å². The summed E-state index contributed by atoms with van der Waals surface area (Å²) in [7, 11) is 0. The monoisotopic (exact) mass is 270 g/mol. The van der Waals surface area contributed by atoms with Crippen molar-refractivity contribution in [2.24, 2.45) is 0 Å². The summed E-state index contributed by atoms with van der Waals surface area (Å²) >= 11 is 0. The predicted molar refractivity (Wildman–Crippen MR) is 74.1 cm³/mol. The molecule has 0 aromatic carbocycles. The Kier molecular flexibility index (Phi) is 5.63. The summed E-state index contributed by atoms with van der Waals surface area (Å²) in [6.45, 7) is 7.70. The fourth-order valence-electron chi connectivity index (χ4n) is 2.36. The van der Waals surface area contributed by atoms with E-state index in [4.69, 9.17) is 5.11 Å². The van der Waals surface area contributed by atoms with E-state index < -0.39 is 5.97 Å². The van der Waals surface area contributed by atoms with Crippen LogP contribution in [0.4, 0.5) is 4.79 Å². The summed E-state index contributed by atoms with van der Waals surface area (Å²) in [5.74, 6) is -0.863. The molecule has 0 radical (unpaired) electrons. The Morgan fingerprint density at radius 1 is 1.11 bits per heavy atom. The summed E-state index contributed by atoms with van der Waals surface area (Å²) in [5.41, 5.74) is -0.348. The Morgan fingerprint density at radius 2 is 1.63 bits per heavy atom. The molecular formula is C14H26N2O3. The molecular weight excluding hydrogens is 244 g/mol. The summed E-state index contributed by atoms with van der Waals surface area (Å²) < 4.78 is 0. The smallest absolute Gasteiger partial charge is 0.320 e. The van der Waals surface area contributed by atoms with E-state index in [1.807, 2.05) is 25.7 Å². The van der Waals surface area contributed by atoms with Gasteiger partial charge in [0.15, 0.2) is 0 Å². The quantitative estimate of drug-likeness (QED) is 0.857. The Balaban J connectivity index is 2.72. The van der Waals surface area contributed by atoms with Crippen LogP contribution in [-0.2, 0) is 4.79 Å². The number of likely N-dealkylation sites (tertiary alicyclic amines) is 1. The molecule has 0 bridgehead atoms. The van der Waals surface area contributed by atoms with Gasteiger partial charge in [0.2, 0.25) is 0 Å². The van der Waals surface area contributed by atoms with Crippen molar-refractivity contribution in [3.05, 3.63) is 0 Å². The topological polar surface area (TPSA) is 60.9 Å². The molecule has 0 atom stereocenters. The van der Waals surface area contributed by atoms with E-state index in [0.717, 1.165) is 25.9 Å². The molecule has 1 N–H and O–H groups in total. The van der Waals surface area contributed by atoms with Gasteiger partial charge in [-0.25, -0.2) is 4.79 Å². The average Bonchev–Trinajstić information content (AvgIpc) is 2.55. The fraction of sp³-hybridized carbons (Fsp3) is 0.857. The molecule has 2 amide bonds. The molecule has 0 aromatic heterocycles. The van der Waals surface area contributed by atoms with Crippen molar-refractivity contribution >= 4 is 12.0 Å². The van der Waals surface area contributed by atoms with Crippen LogP contribution >= 0.6 is 0 Å². The van der Waals surface area contributed by atoms with E-state index in [0.29, 0.717) is 0 Å². The predicted octanol–water partition coefficient (Wildman–Crippen LogP) is 2.56. The summed E-state index contributed by atoms with van der Waals surface area (Å²) in [6, 6.07) is -0.0179. The Morgan fingerprint density at radius 3 is 2.05 bits per heavy atom. The summed E-state index contributed by atoms with van der Waals surface area (Å²) in [6.07, 6.45) is 4.44. The van der Waals surface area contributed by atoms with Crippen LogP contribution in [0.25, 0.3) is 0 Å². The van der Waals surface area contributed by atoms with Crippen molar-refractivity contribution in [1.82, 2.24) is 9.80 Å². The third-order valence-corrected chi connectivity index (χ3v) is 3.47. The number of urea groups is 1. The van der Waals surface area contributed by atoms with Gasteiger partial charge in [0, 0.05) is 25.2 Å². The number of carboxylic acids is 1. The molecule has 0 aliphatic carbocycles. The van der Waals surface area contributed by atoms with E-state index in [1.54, 1.807) is 4.90 Å². The van der Waals surface area contributed by atoms with Crippen molar-refractivity contribution in [1.29, 1.82) is 0 Å². The van der Waals surface area contributed by atoms with Crippen LogP contribution in [0, 0.1) is 0 Å². The molecule has 0 aromatic rings. The lowest BCUT2D eigenvalue weighted by atomic mass is 10.1. The number of nitrogens with zero attached hydrogens (tertiary/aromatic N) is 2. The SMILES string of the molecule is CC(C)(C)N(CCC(=O)O)C(=O)N1CCCCCC1. The van der Waals surface area contributed by atoms with Crippen LogP contribution in [0.5, 0.6) is 0 Å². The van der Waals surface area contributed by atoms with Crippen molar-refractivity contribution < 1.29 is 14.7 Å². The van der Waals surface area contributed by atoms with E-state index >= 15 is 0 Å². The number of amides is 2. The van der Waals surface area contributed by atoms with Gasteiger partial charge >= 0.3 is 12.0 Å². The molecule has 1 aliphatic rings. The Hall–Kier alpha value is -1.26. The van der Waals surface area contributed by atoms with Gasteiger partial charge in [-0.1, -0.05) is 12.8 Å². The average molecular weight is 270 g/mol. The maximum Gasteiger partial charge on any atom is 0.320 e. The first-order chi connectivity index (χ1) is 8.82. The minimum absolute atomic E-state index is 0.00313. The van der Waals surface area contributed by atoms with E-state index in [2.05, 4.69) is 0 Å². The van der Waals surface area contributed by atoms with Crippen LogP contribution < -0.4 is 0 Å². The third kappa shape index (κ3) is 5.09. The molecule has 5 heteroatoms. The van der Waals surface area contributed by atoms with Crippen LogP contribution in [0.3, 0.4) is 0 Å². The van der Waals surface area contributed by atoms with Gasteiger partial charge in [0.25, 0.3) is 0 Å². The van der Waals surface area contributed by atoms with Gasteiger partial charge in [-0.2, -0.15) is 0 Å². The highest BCUT2D eigenvalue weighted by molar-refractivity contribution is 5.76. The zero-order valence-corrected chi connectivity index (χ0v) is 12.3. The van der Waals surface area contributed by atoms with Crippen molar-refractivity contribution in [2.75, 3.05) is 19.6 Å². The highest BCUT2D eigenvalue weighted by atomic mass is 16.4. The second kappa shape index (κ2) is 6.78. The number of carbonyl (C=O) groups is 2. The molecule has 1 saturated heterocycles. The molecule has 1 rings (SSSR count). The number of hydrogen-bond donors (Lipinski definition) is 1. The summed E-state index contributed by atoms with van der Waals surface area (Å²) in [5, 5.41) is 8.81. The highest BCUT2D eigenvalue weighted by Gasteiger charge is 2.30. The van der Waals surface area contributed by atoms with Crippen molar-refractivity contribution in [2.45, 2.75) is 58.4 Å². The molecule has 0 unspecified atom stereocenters. The number of carboxylic acid groups (broad SMARTS) is 1. The maximum atomic E-state index is 12.6. The van der Waals surface area contributed by atoms with Crippen LogP contribution in [0.15, 0.2) is 0 Å². The van der Waals surface area contributed by atoms with Crippen LogP contribution in [-0.4, -0.2) is 52.1 Å². The molecule has 0 saturated carbocycles. The van der Waals surface area contributed by atoms with Crippen molar-refractivity contribution in [3.8, 4) is 0 Å². The molecule has 1 fully saturated rings. The van der Waals surface area contributed by atoms with Gasteiger partial charge in [-0.05, 0) is 33.6 Å². The van der Waals surface area contributed by atoms with Gasteiger partial charge in [0.05, 0.1) is 6.42 Å². The molecule has 110 valence electrons. The molecule has 1 heterocycles. The second-order valence-corrected chi connectivity index (χ2v) is 6.15. The normalized spacial score (nSPS) is 16.9. The van der Waals surface area contributed by atoms with Crippen LogP contribution in [0.2, 0.25) is 0 Å². The van der Waals surface area contributed by atoms with Gasteiger partial charge in [-0.3, -0.25) is 4.79 Å². The van der Waals surface area contributed by atoms with Crippen LogP contribution in [0.1, 0.15) is 52.9 Å². The first-order valence-corrected chi connectivity index (χ1v) is 7.10. The largest absolute Gasteiger partial charge is 0.481 e. The first-order valence-electron chi connectivity index (χ1n) is 7.10. The summed E-state index contributed by atoms with van der Waals surface area (Å²) in [4.78, 5) is 26.9. The highest BCUT2D eigenvalue weighted by Crippen LogP contribution is 2.19. The number of rotatable bonds is 3. The molecule has 1 aliphatic heterocycles. The zero-order valence-electron chi connectivity index (χ0n) is 12.3. The molecule has 5 nitrogen and oxygen atoms in total. The first kappa shape index (κ1) is 15.8. The lowest BCUT2D eigenvalue weighted by molar-refractivity contribution is -0.137. The molecule has 19 heavy (non-hydrogen) atoms. The number of carbonyl (C=O) groups excluding carboxylic acids is 1. The number of hydrogen-bond acceptors (Lipinski definition) is 2. The second-order valence-electron chi connectivity index (χ2n) is 6.15. The minimum atomic E-state index is -0.863.